The van der Waals surface area contributed by atoms with Crippen LogP contribution in [0.25, 0.3) is 0 Å². The van der Waals surface area contributed by atoms with Crippen LogP contribution in [0.15, 0.2) is 35.7 Å². The standard InChI is InChI=1S/C17H20N2O4S/c1-11-6-7-24-15(11)14(20)10-19-17(22)16(21)18-9-12-4-3-5-13(8-12)23-2/h3-8,14,20H,9-10H2,1-2H3,(H,18,21)(H,19,22). The van der Waals surface area contributed by atoms with E-state index in [1.54, 1.807) is 25.3 Å². The van der Waals surface area contributed by atoms with Gasteiger partial charge < -0.3 is 20.5 Å². The fourth-order valence-electron chi connectivity index (χ4n) is 2.13. The molecule has 7 heteroatoms. The Labute approximate surface area is 144 Å². The van der Waals surface area contributed by atoms with Gasteiger partial charge in [0.1, 0.15) is 11.9 Å². The van der Waals surface area contributed by atoms with E-state index in [-0.39, 0.29) is 13.1 Å². The first-order chi connectivity index (χ1) is 11.5. The molecule has 0 aliphatic carbocycles. The van der Waals surface area contributed by atoms with Gasteiger partial charge in [-0.2, -0.15) is 0 Å². The van der Waals surface area contributed by atoms with E-state index in [0.717, 1.165) is 16.0 Å². The lowest BCUT2D eigenvalue weighted by Crippen LogP contribution is -2.41. The highest BCUT2D eigenvalue weighted by Gasteiger charge is 2.17. The molecule has 0 radical (unpaired) electrons. The second-order valence-electron chi connectivity index (χ2n) is 5.23. The van der Waals surface area contributed by atoms with Crippen LogP contribution in [0, 0.1) is 6.92 Å². The van der Waals surface area contributed by atoms with E-state index in [1.807, 2.05) is 24.4 Å². The Kier molecular flexibility index (Phi) is 6.34. The number of benzene rings is 1. The predicted octanol–water partition coefficient (Wildman–Crippen LogP) is 1.53. The summed E-state index contributed by atoms with van der Waals surface area (Å²) in [7, 11) is 1.56. The molecule has 0 bridgehead atoms. The molecule has 0 spiro atoms. The average molecular weight is 348 g/mol. The van der Waals surface area contributed by atoms with Crippen LogP contribution in [0.4, 0.5) is 0 Å². The van der Waals surface area contributed by atoms with Gasteiger partial charge in [0.05, 0.1) is 7.11 Å². The summed E-state index contributed by atoms with van der Waals surface area (Å²) >= 11 is 1.41. The zero-order valence-electron chi connectivity index (χ0n) is 13.5. The number of hydrogen-bond acceptors (Lipinski definition) is 5. The van der Waals surface area contributed by atoms with Crippen LogP contribution >= 0.6 is 11.3 Å². The number of aryl methyl sites for hydroxylation is 1. The Morgan fingerprint density at radius 2 is 2.00 bits per heavy atom. The maximum Gasteiger partial charge on any atom is 0.309 e. The fraction of sp³-hybridized carbons (Fsp3) is 0.294. The van der Waals surface area contributed by atoms with E-state index in [1.165, 1.54) is 11.3 Å². The van der Waals surface area contributed by atoms with Crippen molar-refractivity contribution in [2.45, 2.75) is 19.6 Å². The summed E-state index contributed by atoms with van der Waals surface area (Å²) in [6.45, 7) is 2.10. The van der Waals surface area contributed by atoms with Crippen molar-refractivity contribution in [2.24, 2.45) is 0 Å². The molecule has 2 amide bonds. The lowest BCUT2D eigenvalue weighted by Gasteiger charge is -2.11. The number of thiophene rings is 1. The third-order valence-corrected chi connectivity index (χ3v) is 4.57. The van der Waals surface area contributed by atoms with Crippen LogP contribution in [-0.4, -0.2) is 30.6 Å². The van der Waals surface area contributed by atoms with Crippen molar-refractivity contribution < 1.29 is 19.4 Å². The third-order valence-electron chi connectivity index (χ3n) is 3.45. The van der Waals surface area contributed by atoms with Crippen molar-refractivity contribution in [3.63, 3.8) is 0 Å². The molecule has 1 aromatic carbocycles. The van der Waals surface area contributed by atoms with E-state index in [0.29, 0.717) is 5.75 Å². The molecule has 0 saturated carbocycles. The SMILES string of the molecule is COc1cccc(CNC(=O)C(=O)NCC(O)c2sccc2C)c1. The molecule has 3 N–H and O–H groups in total. The van der Waals surface area contributed by atoms with Crippen LogP contribution in [0.2, 0.25) is 0 Å². The summed E-state index contributed by atoms with van der Waals surface area (Å²) < 4.78 is 5.10. The van der Waals surface area contributed by atoms with E-state index >= 15 is 0 Å². The minimum Gasteiger partial charge on any atom is -0.497 e. The number of carbonyl (C=O) groups excluding carboxylic acids is 2. The second kappa shape index (κ2) is 8.47. The number of hydrogen-bond donors (Lipinski definition) is 3. The Balaban J connectivity index is 1.79. The van der Waals surface area contributed by atoms with Gasteiger partial charge in [0, 0.05) is 18.0 Å². The molecule has 1 aromatic heterocycles. The Morgan fingerprint density at radius 3 is 2.67 bits per heavy atom. The molecular weight excluding hydrogens is 328 g/mol. The van der Waals surface area contributed by atoms with Gasteiger partial charge in [0.15, 0.2) is 0 Å². The first kappa shape index (κ1) is 18.0. The molecule has 1 atom stereocenters. The maximum absolute atomic E-state index is 11.8. The van der Waals surface area contributed by atoms with E-state index in [4.69, 9.17) is 4.74 Å². The molecule has 24 heavy (non-hydrogen) atoms. The first-order valence-corrected chi connectivity index (χ1v) is 8.30. The summed E-state index contributed by atoms with van der Waals surface area (Å²) in [5.74, 6) is -0.834. The van der Waals surface area contributed by atoms with Crippen molar-refractivity contribution in [3.05, 3.63) is 51.7 Å². The molecule has 2 rings (SSSR count). The molecular formula is C17H20N2O4S. The number of carbonyl (C=O) groups is 2. The molecule has 0 aliphatic rings. The summed E-state index contributed by atoms with van der Waals surface area (Å²) in [4.78, 5) is 24.4. The number of amides is 2. The summed E-state index contributed by atoms with van der Waals surface area (Å²) in [6.07, 6.45) is -0.819. The van der Waals surface area contributed by atoms with Crippen molar-refractivity contribution in [3.8, 4) is 5.75 Å². The van der Waals surface area contributed by atoms with Crippen LogP contribution in [0.3, 0.4) is 0 Å². The van der Waals surface area contributed by atoms with Crippen LogP contribution in [0.1, 0.15) is 22.1 Å². The lowest BCUT2D eigenvalue weighted by atomic mass is 10.2. The molecule has 0 fully saturated rings. The minimum atomic E-state index is -0.819. The van der Waals surface area contributed by atoms with Gasteiger partial charge in [0.2, 0.25) is 0 Å². The number of methoxy groups -OCH3 is 1. The molecule has 128 valence electrons. The quantitative estimate of drug-likeness (QED) is 0.691. The monoisotopic (exact) mass is 348 g/mol. The topological polar surface area (TPSA) is 87.7 Å². The van der Waals surface area contributed by atoms with Crippen molar-refractivity contribution in [2.75, 3.05) is 13.7 Å². The number of aliphatic hydroxyl groups is 1. The van der Waals surface area contributed by atoms with Gasteiger partial charge in [0.25, 0.3) is 0 Å². The van der Waals surface area contributed by atoms with Crippen molar-refractivity contribution in [1.82, 2.24) is 10.6 Å². The van der Waals surface area contributed by atoms with E-state index in [2.05, 4.69) is 10.6 Å². The highest BCUT2D eigenvalue weighted by Crippen LogP contribution is 2.23. The number of ether oxygens (including phenoxy) is 1. The van der Waals surface area contributed by atoms with E-state index in [9.17, 15) is 14.7 Å². The summed E-state index contributed by atoms with van der Waals surface area (Å²) in [5.41, 5.74) is 1.79. The third kappa shape index (κ3) is 4.81. The normalized spacial score (nSPS) is 11.6. The lowest BCUT2D eigenvalue weighted by molar-refractivity contribution is -0.139. The van der Waals surface area contributed by atoms with Gasteiger partial charge in [-0.05, 0) is 41.6 Å². The Morgan fingerprint density at radius 1 is 1.25 bits per heavy atom. The average Bonchev–Trinajstić information content (AvgIpc) is 3.03. The van der Waals surface area contributed by atoms with Gasteiger partial charge in [-0.25, -0.2) is 0 Å². The Bertz CT molecular complexity index is 714. The van der Waals surface area contributed by atoms with Gasteiger partial charge in [-0.1, -0.05) is 12.1 Å². The molecule has 1 heterocycles. The largest absolute Gasteiger partial charge is 0.497 e. The van der Waals surface area contributed by atoms with E-state index < -0.39 is 17.9 Å². The minimum absolute atomic E-state index is 0.00718. The van der Waals surface area contributed by atoms with Gasteiger partial charge in [-0.3, -0.25) is 9.59 Å². The molecule has 2 aromatic rings. The van der Waals surface area contributed by atoms with Crippen molar-refractivity contribution >= 4 is 23.2 Å². The molecule has 0 saturated heterocycles. The smallest absolute Gasteiger partial charge is 0.309 e. The molecule has 0 aliphatic heterocycles. The van der Waals surface area contributed by atoms with Crippen LogP contribution in [0.5, 0.6) is 5.75 Å². The maximum atomic E-state index is 11.8. The predicted molar refractivity (Wildman–Crippen MR) is 91.9 cm³/mol. The number of nitrogens with one attached hydrogen (secondary N) is 2. The second-order valence-corrected chi connectivity index (χ2v) is 6.18. The number of aliphatic hydroxyl groups excluding tert-OH is 1. The van der Waals surface area contributed by atoms with Crippen LogP contribution < -0.4 is 15.4 Å². The van der Waals surface area contributed by atoms with Crippen molar-refractivity contribution in [1.29, 1.82) is 0 Å². The van der Waals surface area contributed by atoms with Crippen LogP contribution in [-0.2, 0) is 16.1 Å². The van der Waals surface area contributed by atoms with Gasteiger partial charge in [-0.15, -0.1) is 11.3 Å². The zero-order chi connectivity index (χ0) is 17.5. The number of rotatable bonds is 6. The first-order valence-electron chi connectivity index (χ1n) is 7.42. The zero-order valence-corrected chi connectivity index (χ0v) is 14.4. The fourth-order valence-corrected chi connectivity index (χ4v) is 3.05. The summed E-state index contributed by atoms with van der Waals surface area (Å²) in [6, 6.07) is 9.10. The van der Waals surface area contributed by atoms with Gasteiger partial charge >= 0.3 is 11.8 Å². The Hall–Kier alpha value is -2.38. The highest BCUT2D eigenvalue weighted by molar-refractivity contribution is 7.10. The summed E-state index contributed by atoms with van der Waals surface area (Å²) in [5, 5.41) is 16.9. The molecule has 1 unspecified atom stereocenters. The highest BCUT2D eigenvalue weighted by atomic mass is 32.1. The molecule has 6 nitrogen and oxygen atoms in total.